The fourth-order valence-corrected chi connectivity index (χ4v) is 4.14. The second-order valence-electron chi connectivity index (χ2n) is 8.84. The van der Waals surface area contributed by atoms with E-state index in [4.69, 9.17) is 4.74 Å². The van der Waals surface area contributed by atoms with Crippen LogP contribution in [0.5, 0.6) is 0 Å². The van der Waals surface area contributed by atoms with Crippen molar-refractivity contribution in [3.8, 4) is 11.1 Å². The van der Waals surface area contributed by atoms with E-state index in [2.05, 4.69) is 10.3 Å². The number of alkyl halides is 1. The number of aliphatic hydroxyl groups excluding tert-OH is 2. The highest BCUT2D eigenvalue weighted by molar-refractivity contribution is 5.76. The molecule has 1 aromatic carbocycles. The number of carbonyl (C=O) groups is 1. The molecule has 0 spiro atoms. The number of hydrogen-bond acceptors (Lipinski definition) is 6. The van der Waals surface area contributed by atoms with E-state index >= 15 is 0 Å². The molecule has 5 atom stereocenters. The molecule has 0 radical (unpaired) electrons. The van der Waals surface area contributed by atoms with Crippen LogP contribution < -0.4 is 5.32 Å². The third kappa shape index (κ3) is 7.04. The minimum Gasteiger partial charge on any atom is -0.386 e. The molecule has 8 heteroatoms. The summed E-state index contributed by atoms with van der Waals surface area (Å²) >= 11 is 0. The predicted octanol–water partition coefficient (Wildman–Crippen LogP) is 2.75. The normalized spacial score (nSPS) is 22.7. The Bertz CT molecular complexity index is 884. The lowest BCUT2D eigenvalue weighted by atomic mass is 9.99. The summed E-state index contributed by atoms with van der Waals surface area (Å²) < 4.78 is 19.0. The van der Waals surface area contributed by atoms with E-state index < -0.39 is 25.1 Å². The van der Waals surface area contributed by atoms with Crippen LogP contribution in [-0.4, -0.2) is 70.7 Å². The van der Waals surface area contributed by atoms with Crippen molar-refractivity contribution < 1.29 is 24.1 Å². The molecule has 2 aromatic rings. The topological polar surface area (TPSA) is 94.9 Å². The largest absolute Gasteiger partial charge is 0.386 e. The molecule has 1 aromatic heterocycles. The molecular weight excluding hydrogens is 425 g/mol. The van der Waals surface area contributed by atoms with E-state index in [-0.39, 0.29) is 24.5 Å². The number of pyridine rings is 1. The SMILES string of the molecule is Cc1ccc(-c2ccc([C@@H](O)[C@@H](CF)NC(=O)CCN(C)[C@H]3C[C@@H](C)O[C@@H](O)C3)cc2)cn1. The molecule has 1 aliphatic rings. The lowest BCUT2D eigenvalue weighted by Crippen LogP contribution is -2.45. The fourth-order valence-electron chi connectivity index (χ4n) is 4.14. The van der Waals surface area contributed by atoms with Gasteiger partial charge in [0.2, 0.25) is 5.91 Å². The van der Waals surface area contributed by atoms with Gasteiger partial charge in [-0.15, -0.1) is 0 Å². The average Bonchev–Trinajstić information content (AvgIpc) is 2.80. The van der Waals surface area contributed by atoms with Crippen LogP contribution in [0, 0.1) is 6.92 Å². The van der Waals surface area contributed by atoms with E-state index in [1.807, 2.05) is 50.1 Å². The number of aryl methyl sites for hydroxylation is 1. The van der Waals surface area contributed by atoms with Crippen LogP contribution in [0.1, 0.15) is 43.5 Å². The molecule has 3 N–H and O–H groups in total. The highest BCUT2D eigenvalue weighted by Crippen LogP contribution is 2.24. The first-order valence-corrected chi connectivity index (χ1v) is 11.4. The summed E-state index contributed by atoms with van der Waals surface area (Å²) in [5.41, 5.74) is 3.35. The molecule has 1 saturated heterocycles. The zero-order chi connectivity index (χ0) is 24.0. The summed E-state index contributed by atoms with van der Waals surface area (Å²) in [7, 11) is 1.90. The number of carbonyl (C=O) groups excluding carboxylic acids is 1. The van der Waals surface area contributed by atoms with Crippen molar-refractivity contribution in [1.29, 1.82) is 0 Å². The van der Waals surface area contributed by atoms with Gasteiger partial charge in [0, 0.05) is 42.9 Å². The maximum absolute atomic E-state index is 13.7. The lowest BCUT2D eigenvalue weighted by molar-refractivity contribution is -0.173. The Balaban J connectivity index is 1.52. The highest BCUT2D eigenvalue weighted by atomic mass is 19.1. The van der Waals surface area contributed by atoms with Gasteiger partial charge in [0.15, 0.2) is 6.29 Å². The first-order chi connectivity index (χ1) is 15.8. The van der Waals surface area contributed by atoms with Crippen molar-refractivity contribution in [3.05, 3.63) is 53.9 Å². The Hall–Kier alpha value is -2.39. The number of aromatic nitrogens is 1. The second kappa shape index (κ2) is 11.7. The zero-order valence-corrected chi connectivity index (χ0v) is 19.4. The minimum atomic E-state index is -1.16. The van der Waals surface area contributed by atoms with Gasteiger partial charge in [-0.3, -0.25) is 9.78 Å². The summed E-state index contributed by atoms with van der Waals surface area (Å²) in [5.74, 6) is -0.327. The second-order valence-corrected chi connectivity index (χ2v) is 8.84. The number of halogens is 1. The summed E-state index contributed by atoms with van der Waals surface area (Å²) in [6.45, 7) is 3.41. The van der Waals surface area contributed by atoms with E-state index in [0.29, 0.717) is 18.5 Å². The van der Waals surface area contributed by atoms with Gasteiger partial charge >= 0.3 is 0 Å². The Kier molecular flexibility index (Phi) is 8.91. The minimum absolute atomic E-state index is 0.0465. The van der Waals surface area contributed by atoms with Crippen LogP contribution in [0.15, 0.2) is 42.6 Å². The number of ether oxygens (including phenoxy) is 1. The van der Waals surface area contributed by atoms with Gasteiger partial charge in [0.1, 0.15) is 12.8 Å². The summed E-state index contributed by atoms with van der Waals surface area (Å²) in [6.07, 6.45) is 1.21. The van der Waals surface area contributed by atoms with Crippen molar-refractivity contribution in [1.82, 2.24) is 15.2 Å². The van der Waals surface area contributed by atoms with Crippen LogP contribution in [-0.2, 0) is 9.53 Å². The lowest BCUT2D eigenvalue weighted by Gasteiger charge is -2.36. The molecule has 3 rings (SSSR count). The number of benzene rings is 1. The molecule has 180 valence electrons. The monoisotopic (exact) mass is 459 g/mol. The number of aliphatic hydroxyl groups is 2. The van der Waals surface area contributed by atoms with Crippen LogP contribution in [0.3, 0.4) is 0 Å². The average molecular weight is 460 g/mol. The van der Waals surface area contributed by atoms with Crippen LogP contribution >= 0.6 is 0 Å². The van der Waals surface area contributed by atoms with Crippen molar-refractivity contribution in [2.75, 3.05) is 20.3 Å². The first kappa shape index (κ1) is 25.2. The van der Waals surface area contributed by atoms with Crippen molar-refractivity contribution in [2.24, 2.45) is 0 Å². The number of nitrogens with zero attached hydrogens (tertiary/aromatic N) is 2. The summed E-state index contributed by atoms with van der Waals surface area (Å²) in [4.78, 5) is 18.7. The summed E-state index contributed by atoms with van der Waals surface area (Å²) in [5, 5.41) is 23.1. The van der Waals surface area contributed by atoms with Crippen LogP contribution in [0.4, 0.5) is 4.39 Å². The van der Waals surface area contributed by atoms with Gasteiger partial charge in [-0.1, -0.05) is 30.3 Å². The predicted molar refractivity (Wildman–Crippen MR) is 124 cm³/mol. The van der Waals surface area contributed by atoms with Crippen LogP contribution in [0.2, 0.25) is 0 Å². The first-order valence-electron chi connectivity index (χ1n) is 11.4. The van der Waals surface area contributed by atoms with E-state index in [0.717, 1.165) is 23.2 Å². The Labute approximate surface area is 194 Å². The summed E-state index contributed by atoms with van der Waals surface area (Å²) in [6, 6.07) is 10.1. The Morgan fingerprint density at radius 1 is 1.24 bits per heavy atom. The molecular formula is C25H34FN3O4. The molecule has 33 heavy (non-hydrogen) atoms. The molecule has 0 saturated carbocycles. The van der Waals surface area contributed by atoms with E-state index in [1.54, 1.807) is 18.3 Å². The van der Waals surface area contributed by atoms with E-state index in [9.17, 15) is 19.4 Å². The maximum Gasteiger partial charge on any atom is 0.221 e. The molecule has 1 aliphatic heterocycles. The quantitative estimate of drug-likeness (QED) is 0.534. The number of rotatable bonds is 9. The molecule has 0 unspecified atom stereocenters. The zero-order valence-electron chi connectivity index (χ0n) is 19.4. The van der Waals surface area contributed by atoms with Crippen molar-refractivity contribution >= 4 is 5.91 Å². The Morgan fingerprint density at radius 3 is 2.55 bits per heavy atom. The Morgan fingerprint density at radius 2 is 1.94 bits per heavy atom. The molecule has 0 aliphatic carbocycles. The van der Waals surface area contributed by atoms with Crippen molar-refractivity contribution in [3.63, 3.8) is 0 Å². The third-order valence-corrected chi connectivity index (χ3v) is 6.17. The molecule has 0 bridgehead atoms. The van der Waals surface area contributed by atoms with E-state index in [1.165, 1.54) is 0 Å². The fraction of sp³-hybridized carbons (Fsp3) is 0.520. The molecule has 1 fully saturated rings. The highest BCUT2D eigenvalue weighted by Gasteiger charge is 2.29. The number of hydrogen-bond donors (Lipinski definition) is 3. The number of amides is 1. The van der Waals surface area contributed by atoms with Gasteiger partial charge in [-0.2, -0.15) is 0 Å². The standard InChI is InChI=1S/C25H34FN3O4/c1-16-4-5-20(15-27-16)18-6-8-19(9-7-18)25(32)22(14-26)28-23(30)10-11-29(3)21-12-17(2)33-24(31)13-21/h4-9,15,17,21-22,24-25,31-32H,10-14H2,1-3H3,(H,28,30)/t17-,21+,22-,24-,25-/m1/s1. The van der Waals surface area contributed by atoms with Gasteiger partial charge in [0.25, 0.3) is 0 Å². The maximum atomic E-state index is 13.7. The van der Waals surface area contributed by atoms with Gasteiger partial charge in [-0.25, -0.2) is 4.39 Å². The van der Waals surface area contributed by atoms with Crippen molar-refractivity contribution in [2.45, 2.75) is 63.7 Å². The van der Waals surface area contributed by atoms with Gasteiger partial charge < -0.3 is 25.2 Å². The molecule has 2 heterocycles. The molecule has 1 amide bonds. The van der Waals surface area contributed by atoms with Crippen LogP contribution in [0.25, 0.3) is 11.1 Å². The molecule has 7 nitrogen and oxygen atoms in total. The van der Waals surface area contributed by atoms with Gasteiger partial charge in [-0.05, 0) is 44.5 Å². The smallest absolute Gasteiger partial charge is 0.221 e. The third-order valence-electron chi connectivity index (χ3n) is 6.17. The van der Waals surface area contributed by atoms with Gasteiger partial charge in [0.05, 0.1) is 12.1 Å². The number of nitrogens with one attached hydrogen (secondary N) is 1.